The Balaban J connectivity index is 1.38. The number of carbonyl (C=O) groups excluding carboxylic acids is 2. The number of nitrogens with one attached hydrogen (secondary N) is 1. The zero-order valence-electron chi connectivity index (χ0n) is 23.6. The number of rotatable bonds is 7. The number of β-amino-alcohol motifs (C(OH)–C–C–N with tert-alkyl or cyclic N) is 1. The van der Waals surface area contributed by atoms with Crippen LogP contribution in [0, 0.1) is 5.92 Å². The molecular weight excluding hydrogens is 512 g/mol. The molecule has 3 aliphatic heterocycles. The Morgan fingerprint density at radius 3 is 2.58 bits per heavy atom. The van der Waals surface area contributed by atoms with Crippen molar-refractivity contribution in [3.05, 3.63) is 48.0 Å². The molecule has 2 amide bonds. The molecule has 1 aromatic rings. The highest BCUT2D eigenvalue weighted by Gasteiger charge is 2.44. The van der Waals surface area contributed by atoms with Crippen molar-refractivity contribution in [1.82, 2.24) is 10.2 Å². The van der Waals surface area contributed by atoms with E-state index in [1.165, 1.54) is 25.7 Å². The fourth-order valence-electron chi connectivity index (χ4n) is 5.62. The highest BCUT2D eigenvalue weighted by atomic mass is 16.7. The van der Waals surface area contributed by atoms with Crippen molar-refractivity contribution >= 4 is 12.2 Å². The van der Waals surface area contributed by atoms with Crippen molar-refractivity contribution < 1.29 is 33.6 Å². The Morgan fingerprint density at radius 1 is 1.00 bits per heavy atom. The van der Waals surface area contributed by atoms with Crippen LogP contribution < -0.4 is 5.32 Å². The number of ether oxygens (including phenoxy) is 4. The highest BCUT2D eigenvalue weighted by Crippen LogP contribution is 2.33. The quantitative estimate of drug-likeness (QED) is 0.456. The molecule has 2 saturated heterocycles. The number of hydrogen-bond donors (Lipinski definition) is 2. The van der Waals surface area contributed by atoms with Crippen LogP contribution in [0.5, 0.6) is 0 Å². The van der Waals surface area contributed by atoms with Crippen molar-refractivity contribution in [3.63, 3.8) is 0 Å². The first-order valence-electron chi connectivity index (χ1n) is 15.1. The molecule has 5 atom stereocenters. The number of benzene rings is 1. The van der Waals surface area contributed by atoms with Crippen LogP contribution in [0.2, 0.25) is 0 Å². The number of alkyl carbamates (subject to hydrolysis) is 1. The van der Waals surface area contributed by atoms with Gasteiger partial charge in [0, 0.05) is 6.54 Å². The summed E-state index contributed by atoms with van der Waals surface area (Å²) in [7, 11) is 0. The lowest BCUT2D eigenvalue weighted by atomic mass is 10.0. The predicted molar refractivity (Wildman–Crippen MR) is 151 cm³/mol. The third-order valence-electron chi connectivity index (χ3n) is 7.95. The summed E-state index contributed by atoms with van der Waals surface area (Å²) in [5, 5.41) is 14.2. The van der Waals surface area contributed by atoms with Gasteiger partial charge < -0.3 is 34.3 Å². The normalized spacial score (nSPS) is 27.3. The molecule has 40 heavy (non-hydrogen) atoms. The molecule has 1 aromatic carbocycles. The Labute approximate surface area is 238 Å². The summed E-state index contributed by atoms with van der Waals surface area (Å²) in [5.41, 5.74) is 0.961. The SMILES string of the molecule is O=C(NC(Cc1ccccc1)C(O)CN1CCCCCCCCC/C=C/CCOC1=O)O[C@H]1CO[C@H]2OCC[C@H]21. The summed E-state index contributed by atoms with van der Waals surface area (Å²) in [6.45, 7) is 1.74. The minimum absolute atomic E-state index is 0.0253. The van der Waals surface area contributed by atoms with Crippen LogP contribution in [0.4, 0.5) is 9.59 Å². The Morgan fingerprint density at radius 2 is 1.75 bits per heavy atom. The maximum absolute atomic E-state index is 13.0. The Hall–Kier alpha value is -2.62. The molecule has 0 saturated carbocycles. The number of hydrogen-bond acceptors (Lipinski definition) is 7. The Kier molecular flexibility index (Phi) is 12.6. The van der Waals surface area contributed by atoms with Crippen LogP contribution in [0.1, 0.15) is 69.8 Å². The fraction of sp³-hybridized carbons (Fsp3) is 0.677. The molecule has 0 radical (unpaired) electrons. The molecule has 2 fully saturated rings. The molecule has 0 aromatic heterocycles. The fourth-order valence-corrected chi connectivity index (χ4v) is 5.62. The van der Waals surface area contributed by atoms with Gasteiger partial charge in [-0.25, -0.2) is 9.59 Å². The van der Waals surface area contributed by atoms with Gasteiger partial charge >= 0.3 is 12.2 Å². The summed E-state index contributed by atoms with van der Waals surface area (Å²) in [5.74, 6) is 0.0253. The van der Waals surface area contributed by atoms with E-state index in [9.17, 15) is 14.7 Å². The van der Waals surface area contributed by atoms with Gasteiger partial charge in [0.25, 0.3) is 0 Å². The topological polar surface area (TPSA) is 107 Å². The van der Waals surface area contributed by atoms with E-state index in [1.807, 2.05) is 30.3 Å². The second kappa shape index (κ2) is 16.6. The molecule has 0 bridgehead atoms. The van der Waals surface area contributed by atoms with Crippen LogP contribution in [-0.2, 0) is 25.4 Å². The van der Waals surface area contributed by atoms with E-state index in [4.69, 9.17) is 18.9 Å². The molecule has 222 valence electrons. The second-order valence-corrected chi connectivity index (χ2v) is 11.1. The van der Waals surface area contributed by atoms with E-state index < -0.39 is 24.3 Å². The van der Waals surface area contributed by atoms with E-state index in [0.29, 0.717) is 39.2 Å². The zero-order valence-corrected chi connectivity index (χ0v) is 23.6. The second-order valence-electron chi connectivity index (χ2n) is 11.1. The summed E-state index contributed by atoms with van der Waals surface area (Å²) in [6, 6.07) is 9.00. The van der Waals surface area contributed by atoms with Crippen molar-refractivity contribution in [2.45, 2.75) is 95.2 Å². The largest absolute Gasteiger partial charge is 0.449 e. The van der Waals surface area contributed by atoms with Gasteiger partial charge in [-0.1, -0.05) is 74.6 Å². The molecule has 0 spiro atoms. The number of amides is 2. The predicted octanol–water partition coefficient (Wildman–Crippen LogP) is 4.97. The van der Waals surface area contributed by atoms with Crippen LogP contribution in [0.25, 0.3) is 0 Å². The van der Waals surface area contributed by atoms with E-state index in [0.717, 1.165) is 37.7 Å². The van der Waals surface area contributed by atoms with E-state index in [2.05, 4.69) is 17.5 Å². The number of nitrogens with zero attached hydrogens (tertiary/aromatic N) is 1. The monoisotopic (exact) mass is 558 g/mol. The Bertz CT molecular complexity index is 928. The summed E-state index contributed by atoms with van der Waals surface area (Å²) < 4.78 is 22.4. The molecule has 3 heterocycles. The highest BCUT2D eigenvalue weighted by molar-refractivity contribution is 5.68. The summed E-state index contributed by atoms with van der Waals surface area (Å²) >= 11 is 0. The number of carbonyl (C=O) groups is 2. The molecule has 3 aliphatic rings. The van der Waals surface area contributed by atoms with E-state index >= 15 is 0 Å². The smallest absolute Gasteiger partial charge is 0.409 e. The van der Waals surface area contributed by atoms with Crippen LogP contribution >= 0.6 is 0 Å². The maximum atomic E-state index is 13.0. The number of aliphatic hydroxyl groups excluding tert-OH is 1. The van der Waals surface area contributed by atoms with Gasteiger partial charge in [-0.3, -0.25) is 0 Å². The van der Waals surface area contributed by atoms with E-state index in [1.54, 1.807) is 4.90 Å². The number of allylic oxidation sites excluding steroid dienone is 1. The number of cyclic esters (lactones) is 1. The lowest BCUT2D eigenvalue weighted by Gasteiger charge is -2.30. The first-order valence-corrected chi connectivity index (χ1v) is 15.1. The molecule has 9 nitrogen and oxygen atoms in total. The summed E-state index contributed by atoms with van der Waals surface area (Å²) in [6.07, 6.45) is 12.3. The molecule has 0 aliphatic carbocycles. The van der Waals surface area contributed by atoms with Crippen molar-refractivity contribution in [2.75, 3.05) is 32.9 Å². The molecular formula is C31H46N2O7. The van der Waals surface area contributed by atoms with Crippen LogP contribution in [0.3, 0.4) is 0 Å². The first-order chi connectivity index (χ1) is 19.6. The first kappa shape index (κ1) is 30.3. The van der Waals surface area contributed by atoms with Crippen LogP contribution in [0.15, 0.2) is 42.5 Å². The minimum Gasteiger partial charge on any atom is -0.449 e. The van der Waals surface area contributed by atoms with Crippen molar-refractivity contribution in [1.29, 1.82) is 0 Å². The van der Waals surface area contributed by atoms with Crippen molar-refractivity contribution in [3.8, 4) is 0 Å². The van der Waals surface area contributed by atoms with Gasteiger partial charge in [0.05, 0.1) is 44.4 Å². The minimum atomic E-state index is -1.02. The third-order valence-corrected chi connectivity index (χ3v) is 7.95. The zero-order chi connectivity index (χ0) is 28.0. The lowest BCUT2D eigenvalue weighted by molar-refractivity contribution is -0.0907. The van der Waals surface area contributed by atoms with Gasteiger partial charge in [0.15, 0.2) is 6.29 Å². The molecule has 2 unspecified atom stereocenters. The maximum Gasteiger partial charge on any atom is 0.409 e. The van der Waals surface area contributed by atoms with Crippen LogP contribution in [-0.4, -0.2) is 79.6 Å². The van der Waals surface area contributed by atoms with Gasteiger partial charge in [-0.2, -0.15) is 0 Å². The van der Waals surface area contributed by atoms with Gasteiger partial charge in [-0.15, -0.1) is 0 Å². The standard InChI is InChI=1S/C31H46N2O7/c34-27(22-33-18-13-8-6-4-2-1-3-5-7-9-14-19-38-31(33)36)26(21-24-15-11-10-12-16-24)32-30(35)40-28-23-39-29-25(28)17-20-37-29/h7,9-12,15-16,25-29,34H,1-6,8,13-14,17-23H2,(H,32,35)/b9-7+/t25-,26?,27?,28-,29+/m0/s1. The molecule has 9 heteroatoms. The lowest BCUT2D eigenvalue weighted by Crippen LogP contribution is -2.51. The molecule has 2 N–H and O–H groups in total. The van der Waals surface area contributed by atoms with Crippen molar-refractivity contribution in [2.24, 2.45) is 5.92 Å². The average Bonchev–Trinajstić information content (AvgIpc) is 3.57. The van der Waals surface area contributed by atoms with Gasteiger partial charge in [0.2, 0.25) is 0 Å². The molecule has 4 rings (SSSR count). The summed E-state index contributed by atoms with van der Waals surface area (Å²) in [4.78, 5) is 27.6. The van der Waals surface area contributed by atoms with Gasteiger partial charge in [-0.05, 0) is 44.1 Å². The van der Waals surface area contributed by atoms with Gasteiger partial charge in [0.1, 0.15) is 6.10 Å². The third kappa shape index (κ3) is 9.78. The number of fused-ring (bicyclic) bond motifs is 1. The average molecular weight is 559 g/mol. The number of aliphatic hydroxyl groups is 1. The van der Waals surface area contributed by atoms with E-state index in [-0.39, 0.29) is 24.9 Å².